The van der Waals surface area contributed by atoms with E-state index in [0.717, 1.165) is 11.8 Å². The predicted molar refractivity (Wildman–Crippen MR) is 114 cm³/mol. The molecule has 3 heterocycles. The van der Waals surface area contributed by atoms with Crippen molar-refractivity contribution in [1.29, 1.82) is 0 Å². The van der Waals surface area contributed by atoms with Gasteiger partial charge in [0.15, 0.2) is 0 Å². The fourth-order valence-electron chi connectivity index (χ4n) is 5.14. The average Bonchev–Trinajstić information content (AvgIpc) is 2.72. The van der Waals surface area contributed by atoms with Crippen molar-refractivity contribution in [1.82, 2.24) is 14.7 Å². The number of hydrogen-bond donors (Lipinski definition) is 0. The second-order valence-electron chi connectivity index (χ2n) is 9.11. The minimum Gasteiger partial charge on any atom is -0.372 e. The van der Waals surface area contributed by atoms with Gasteiger partial charge in [0.05, 0.1) is 0 Å². The number of piperazine rings is 1. The molecule has 150 valence electrons. The summed E-state index contributed by atoms with van der Waals surface area (Å²) in [5.74, 6) is 1.83. The Morgan fingerprint density at radius 1 is 0.667 bits per heavy atom. The first kappa shape index (κ1) is 19.2. The van der Waals surface area contributed by atoms with Crippen LogP contribution in [0.4, 0.5) is 5.69 Å². The molecule has 0 bridgehead atoms. The number of para-hydroxylation sites is 1. The summed E-state index contributed by atoms with van der Waals surface area (Å²) in [7, 11) is 2.26. The van der Waals surface area contributed by atoms with E-state index in [1.807, 2.05) is 0 Å². The van der Waals surface area contributed by atoms with E-state index in [2.05, 4.69) is 57.0 Å². The van der Waals surface area contributed by atoms with Gasteiger partial charge in [-0.2, -0.15) is 0 Å². The van der Waals surface area contributed by atoms with Crippen molar-refractivity contribution in [2.75, 3.05) is 77.4 Å². The molecule has 1 aromatic carbocycles. The number of anilines is 1. The molecule has 0 amide bonds. The Morgan fingerprint density at radius 2 is 1.15 bits per heavy atom. The van der Waals surface area contributed by atoms with Gasteiger partial charge in [-0.3, -0.25) is 0 Å². The van der Waals surface area contributed by atoms with Gasteiger partial charge in [0, 0.05) is 58.0 Å². The number of hydrogen-bond acceptors (Lipinski definition) is 4. The second kappa shape index (κ2) is 9.40. The molecule has 4 rings (SSSR count). The van der Waals surface area contributed by atoms with Crippen LogP contribution < -0.4 is 4.90 Å². The van der Waals surface area contributed by atoms with Crippen molar-refractivity contribution in [2.45, 2.75) is 25.7 Å². The summed E-state index contributed by atoms with van der Waals surface area (Å²) in [6.45, 7) is 12.9. The minimum absolute atomic E-state index is 0.894. The van der Waals surface area contributed by atoms with Crippen LogP contribution in [-0.2, 0) is 0 Å². The van der Waals surface area contributed by atoms with Gasteiger partial charge >= 0.3 is 0 Å². The molecular weight excluding hydrogens is 332 g/mol. The van der Waals surface area contributed by atoms with Crippen molar-refractivity contribution in [3.05, 3.63) is 30.3 Å². The molecule has 27 heavy (non-hydrogen) atoms. The van der Waals surface area contributed by atoms with Gasteiger partial charge in [0.2, 0.25) is 0 Å². The highest BCUT2D eigenvalue weighted by Crippen LogP contribution is 2.24. The van der Waals surface area contributed by atoms with Gasteiger partial charge < -0.3 is 19.6 Å². The molecule has 3 aliphatic rings. The average molecular weight is 371 g/mol. The molecule has 4 heteroatoms. The number of likely N-dealkylation sites (tertiary alicyclic amines) is 1. The highest BCUT2D eigenvalue weighted by atomic mass is 15.3. The number of benzene rings is 1. The van der Waals surface area contributed by atoms with Crippen LogP contribution in [0.3, 0.4) is 0 Å². The molecule has 3 saturated heterocycles. The molecule has 0 aromatic heterocycles. The summed E-state index contributed by atoms with van der Waals surface area (Å²) in [5.41, 5.74) is 1.40. The minimum atomic E-state index is 0.894. The number of piperidine rings is 2. The van der Waals surface area contributed by atoms with E-state index in [9.17, 15) is 0 Å². The number of nitrogens with zero attached hydrogens (tertiary/aromatic N) is 4. The summed E-state index contributed by atoms with van der Waals surface area (Å²) in [4.78, 5) is 10.5. The summed E-state index contributed by atoms with van der Waals surface area (Å²) in [6, 6.07) is 10.9. The Balaban J connectivity index is 1.14. The molecule has 0 spiro atoms. The van der Waals surface area contributed by atoms with E-state index in [-0.39, 0.29) is 0 Å². The molecule has 3 aliphatic heterocycles. The van der Waals surface area contributed by atoms with Crippen LogP contribution in [0.2, 0.25) is 0 Å². The van der Waals surface area contributed by atoms with Crippen LogP contribution in [0.25, 0.3) is 0 Å². The van der Waals surface area contributed by atoms with Crippen molar-refractivity contribution in [3.8, 4) is 0 Å². The maximum absolute atomic E-state index is 2.74. The fraction of sp³-hybridized carbons (Fsp3) is 0.739. The molecule has 0 atom stereocenters. The molecule has 0 aliphatic carbocycles. The van der Waals surface area contributed by atoms with Crippen LogP contribution >= 0.6 is 0 Å². The predicted octanol–water partition coefficient (Wildman–Crippen LogP) is 2.86. The maximum Gasteiger partial charge on any atom is 0.0366 e. The quantitative estimate of drug-likeness (QED) is 0.790. The van der Waals surface area contributed by atoms with Crippen LogP contribution in [0.1, 0.15) is 25.7 Å². The fourth-order valence-corrected chi connectivity index (χ4v) is 5.14. The molecule has 1 aromatic rings. The van der Waals surface area contributed by atoms with Crippen molar-refractivity contribution < 1.29 is 0 Å². The smallest absolute Gasteiger partial charge is 0.0366 e. The summed E-state index contributed by atoms with van der Waals surface area (Å²) in [5, 5.41) is 0. The first-order valence-corrected chi connectivity index (χ1v) is 11.2. The molecule has 0 saturated carbocycles. The Morgan fingerprint density at radius 3 is 1.67 bits per heavy atom. The second-order valence-corrected chi connectivity index (χ2v) is 9.11. The van der Waals surface area contributed by atoms with E-state index in [1.165, 1.54) is 96.8 Å². The van der Waals surface area contributed by atoms with E-state index in [1.54, 1.807) is 0 Å². The lowest BCUT2D eigenvalue weighted by atomic mass is 9.95. The summed E-state index contributed by atoms with van der Waals surface area (Å²) < 4.78 is 0. The zero-order valence-corrected chi connectivity index (χ0v) is 17.2. The number of rotatable bonds is 5. The molecule has 4 nitrogen and oxygen atoms in total. The third-order valence-electron chi connectivity index (χ3n) is 7.07. The van der Waals surface area contributed by atoms with Gasteiger partial charge in [0.1, 0.15) is 0 Å². The lowest BCUT2D eigenvalue weighted by molar-refractivity contribution is 0.0881. The van der Waals surface area contributed by atoms with Crippen LogP contribution in [0.15, 0.2) is 30.3 Å². The van der Waals surface area contributed by atoms with E-state index in [4.69, 9.17) is 0 Å². The topological polar surface area (TPSA) is 13.0 Å². The normalized spacial score (nSPS) is 25.1. The monoisotopic (exact) mass is 370 g/mol. The van der Waals surface area contributed by atoms with Gasteiger partial charge in [-0.05, 0) is 69.8 Å². The SMILES string of the molecule is CN1CCC(CN2CCN(CC3CCN(c4ccccc4)CC3)CC2)CC1. The largest absolute Gasteiger partial charge is 0.372 e. The van der Waals surface area contributed by atoms with Crippen LogP contribution in [-0.4, -0.2) is 87.2 Å². The molecule has 0 N–H and O–H groups in total. The highest BCUT2D eigenvalue weighted by molar-refractivity contribution is 5.46. The zero-order chi connectivity index (χ0) is 18.5. The van der Waals surface area contributed by atoms with Crippen LogP contribution in [0.5, 0.6) is 0 Å². The molecular formula is C23H38N4. The van der Waals surface area contributed by atoms with E-state index < -0.39 is 0 Å². The van der Waals surface area contributed by atoms with Gasteiger partial charge in [0.25, 0.3) is 0 Å². The third kappa shape index (κ3) is 5.46. The van der Waals surface area contributed by atoms with Crippen LogP contribution in [0, 0.1) is 11.8 Å². The first-order valence-electron chi connectivity index (χ1n) is 11.2. The van der Waals surface area contributed by atoms with Gasteiger partial charge in [-0.1, -0.05) is 18.2 Å². The first-order chi connectivity index (χ1) is 13.3. The highest BCUT2D eigenvalue weighted by Gasteiger charge is 2.25. The Hall–Kier alpha value is -1.10. The van der Waals surface area contributed by atoms with Crippen molar-refractivity contribution in [3.63, 3.8) is 0 Å². The lowest BCUT2D eigenvalue weighted by Gasteiger charge is -2.41. The Bertz CT molecular complexity index is 539. The van der Waals surface area contributed by atoms with E-state index >= 15 is 0 Å². The molecule has 0 unspecified atom stereocenters. The van der Waals surface area contributed by atoms with E-state index in [0.29, 0.717) is 0 Å². The van der Waals surface area contributed by atoms with Crippen molar-refractivity contribution >= 4 is 5.69 Å². The molecule has 0 radical (unpaired) electrons. The Kier molecular flexibility index (Phi) is 6.69. The van der Waals surface area contributed by atoms with Gasteiger partial charge in [-0.15, -0.1) is 0 Å². The zero-order valence-electron chi connectivity index (χ0n) is 17.2. The van der Waals surface area contributed by atoms with Gasteiger partial charge in [-0.25, -0.2) is 0 Å². The van der Waals surface area contributed by atoms with Crippen molar-refractivity contribution in [2.24, 2.45) is 11.8 Å². The summed E-state index contributed by atoms with van der Waals surface area (Å²) >= 11 is 0. The third-order valence-corrected chi connectivity index (χ3v) is 7.07. The lowest BCUT2D eigenvalue weighted by Crippen LogP contribution is -2.50. The Labute approximate surface area is 166 Å². The molecule has 3 fully saturated rings. The summed E-state index contributed by atoms with van der Waals surface area (Å²) in [6.07, 6.45) is 5.50. The standard InChI is InChI=1S/C23H38N4/c1-24-11-7-21(8-12-24)19-25-15-17-26(18-16-25)20-22-9-13-27(14-10-22)23-5-3-2-4-6-23/h2-6,21-22H,7-20H2,1H3. The maximum atomic E-state index is 2.74.